The molecular formula is C26H38INO5S. The first kappa shape index (κ1) is 29.1. The predicted octanol–water partition coefficient (Wildman–Crippen LogP) is 5.43. The molecule has 0 saturated carbocycles. The first-order valence-corrected chi connectivity index (χ1v) is 13.8. The monoisotopic (exact) mass is 603 g/mol. The number of rotatable bonds is 2. The highest BCUT2D eigenvalue weighted by Crippen LogP contribution is 2.33. The normalized spacial score (nSPS) is 34.9. The lowest BCUT2D eigenvalue weighted by molar-refractivity contribution is -0.150. The number of carbonyl (C=O) groups excluding carboxylic acids is 2. The lowest BCUT2D eigenvalue weighted by atomic mass is 9.81. The van der Waals surface area contributed by atoms with E-state index in [0.717, 1.165) is 35.5 Å². The highest BCUT2D eigenvalue weighted by atomic mass is 127. The van der Waals surface area contributed by atoms with Gasteiger partial charge in [-0.2, -0.15) is 0 Å². The molecule has 0 aliphatic carbocycles. The van der Waals surface area contributed by atoms with Gasteiger partial charge in [-0.1, -0.05) is 48.1 Å². The molecule has 2 heterocycles. The summed E-state index contributed by atoms with van der Waals surface area (Å²) in [4.78, 5) is 30.5. The van der Waals surface area contributed by atoms with E-state index in [-0.39, 0.29) is 18.1 Å². The van der Waals surface area contributed by atoms with E-state index < -0.39 is 33.6 Å². The number of hydrogen-bond donors (Lipinski definition) is 2. The SMILES string of the molecule is C/C1=C/C[C@@H](/C(C)=C/c2csc(C)n2)OC(=O)C[C@H](O)C(C)(I)C(=O)[C@H](C)[C@@H](O)[C@@H](C)CCC1. The molecule has 6 atom stereocenters. The number of halogens is 1. The Morgan fingerprint density at radius 2 is 1.97 bits per heavy atom. The van der Waals surface area contributed by atoms with Crippen molar-refractivity contribution >= 4 is 51.8 Å². The van der Waals surface area contributed by atoms with Gasteiger partial charge in [0.25, 0.3) is 0 Å². The van der Waals surface area contributed by atoms with Gasteiger partial charge in [0.1, 0.15) is 9.53 Å². The number of hydrogen-bond acceptors (Lipinski definition) is 7. The average molecular weight is 604 g/mol. The Bertz CT molecular complexity index is 922. The Kier molecular flexibility index (Phi) is 10.9. The van der Waals surface area contributed by atoms with Crippen molar-refractivity contribution in [2.24, 2.45) is 11.8 Å². The number of esters is 1. The van der Waals surface area contributed by atoms with Crippen LogP contribution in [-0.4, -0.2) is 48.7 Å². The van der Waals surface area contributed by atoms with E-state index in [1.165, 1.54) is 5.57 Å². The highest BCUT2D eigenvalue weighted by molar-refractivity contribution is 14.1. The molecule has 1 unspecified atom stereocenters. The fourth-order valence-corrected chi connectivity index (χ4v) is 5.48. The highest BCUT2D eigenvalue weighted by Gasteiger charge is 2.44. The van der Waals surface area contributed by atoms with Crippen LogP contribution in [0.5, 0.6) is 0 Å². The second-order valence-electron chi connectivity index (χ2n) is 9.75. The third-order valence-electron chi connectivity index (χ3n) is 6.68. The number of cyclic esters (lactones) is 1. The molecule has 1 aromatic rings. The van der Waals surface area contributed by atoms with E-state index in [0.29, 0.717) is 6.42 Å². The van der Waals surface area contributed by atoms with Crippen LogP contribution in [0.2, 0.25) is 0 Å². The summed E-state index contributed by atoms with van der Waals surface area (Å²) >= 11 is 3.47. The van der Waals surface area contributed by atoms with Gasteiger partial charge in [0.2, 0.25) is 0 Å². The number of thiazole rings is 1. The molecule has 0 bridgehead atoms. The molecule has 34 heavy (non-hydrogen) atoms. The number of allylic oxidation sites excluding steroid dienone is 1. The van der Waals surface area contributed by atoms with E-state index in [1.54, 1.807) is 25.2 Å². The minimum absolute atomic E-state index is 0.0477. The summed E-state index contributed by atoms with van der Waals surface area (Å²) < 4.78 is 4.58. The van der Waals surface area contributed by atoms with Crippen LogP contribution in [0.25, 0.3) is 6.08 Å². The van der Waals surface area contributed by atoms with Gasteiger partial charge in [-0.15, -0.1) is 11.3 Å². The van der Waals surface area contributed by atoms with Crippen molar-refractivity contribution in [3.8, 4) is 0 Å². The van der Waals surface area contributed by atoms with Gasteiger partial charge in [-0.05, 0) is 64.5 Å². The molecule has 0 amide bonds. The third-order valence-corrected chi connectivity index (χ3v) is 8.72. The molecule has 6 nitrogen and oxygen atoms in total. The molecule has 0 radical (unpaired) electrons. The quantitative estimate of drug-likeness (QED) is 0.203. The average Bonchev–Trinajstić information content (AvgIpc) is 3.18. The van der Waals surface area contributed by atoms with Crippen LogP contribution >= 0.6 is 33.9 Å². The van der Waals surface area contributed by atoms with Gasteiger partial charge in [-0.25, -0.2) is 4.98 Å². The molecule has 1 aliphatic rings. The molecule has 8 heteroatoms. The summed E-state index contributed by atoms with van der Waals surface area (Å²) in [5, 5.41) is 24.5. The second kappa shape index (κ2) is 12.7. The molecular weight excluding hydrogens is 565 g/mol. The van der Waals surface area contributed by atoms with Gasteiger partial charge in [0.05, 0.1) is 29.3 Å². The predicted molar refractivity (Wildman–Crippen MR) is 145 cm³/mol. The summed E-state index contributed by atoms with van der Waals surface area (Å²) in [6, 6.07) is 0. The van der Waals surface area contributed by atoms with Gasteiger partial charge in [0.15, 0.2) is 5.78 Å². The number of nitrogens with zero attached hydrogens (tertiary/aromatic N) is 1. The van der Waals surface area contributed by atoms with Crippen LogP contribution in [0.3, 0.4) is 0 Å². The van der Waals surface area contributed by atoms with Gasteiger partial charge in [-0.3, -0.25) is 9.59 Å². The first-order valence-electron chi connectivity index (χ1n) is 11.9. The number of carbonyl (C=O) groups is 2. The van der Waals surface area contributed by atoms with Crippen molar-refractivity contribution in [1.82, 2.24) is 4.98 Å². The summed E-state index contributed by atoms with van der Waals surface area (Å²) in [5.41, 5.74) is 2.89. The minimum atomic E-state index is -1.23. The van der Waals surface area contributed by atoms with Crippen molar-refractivity contribution in [3.05, 3.63) is 33.3 Å². The Hall–Kier alpha value is -1.10. The number of aliphatic hydroxyl groups excluding tert-OH is 2. The second-order valence-corrected chi connectivity index (χ2v) is 13.1. The molecule has 0 aromatic carbocycles. The van der Waals surface area contributed by atoms with Gasteiger partial charge in [0, 0.05) is 17.7 Å². The molecule has 190 valence electrons. The zero-order valence-electron chi connectivity index (χ0n) is 21.0. The van der Waals surface area contributed by atoms with Crippen molar-refractivity contribution in [1.29, 1.82) is 0 Å². The summed E-state index contributed by atoms with van der Waals surface area (Å²) in [5.74, 6) is -1.52. The number of aliphatic hydroxyl groups is 2. The maximum atomic E-state index is 13.2. The van der Waals surface area contributed by atoms with Crippen molar-refractivity contribution in [3.63, 3.8) is 0 Å². The third kappa shape index (κ3) is 7.96. The Labute approximate surface area is 221 Å². The minimum Gasteiger partial charge on any atom is -0.457 e. The summed E-state index contributed by atoms with van der Waals surface area (Å²) in [7, 11) is 0. The molecule has 0 fully saturated rings. The number of aromatic nitrogens is 1. The topological polar surface area (TPSA) is 96.7 Å². The molecule has 1 aliphatic heterocycles. The van der Waals surface area contributed by atoms with E-state index in [1.807, 2.05) is 54.8 Å². The van der Waals surface area contributed by atoms with Crippen molar-refractivity contribution in [2.45, 2.75) is 95.4 Å². The summed E-state index contributed by atoms with van der Waals surface area (Å²) in [6.07, 6.45) is 4.29. The lowest BCUT2D eigenvalue weighted by Gasteiger charge is -2.33. The molecule has 2 N–H and O–H groups in total. The van der Waals surface area contributed by atoms with Crippen LogP contribution in [0, 0.1) is 18.8 Å². The van der Waals surface area contributed by atoms with E-state index in [2.05, 4.69) is 18.0 Å². The van der Waals surface area contributed by atoms with Crippen LogP contribution in [0.1, 0.15) is 77.4 Å². The van der Waals surface area contributed by atoms with E-state index >= 15 is 0 Å². The zero-order chi connectivity index (χ0) is 25.6. The van der Waals surface area contributed by atoms with Crippen LogP contribution in [0.4, 0.5) is 0 Å². The van der Waals surface area contributed by atoms with Crippen molar-refractivity contribution < 1.29 is 24.5 Å². The lowest BCUT2D eigenvalue weighted by Crippen LogP contribution is -2.48. The van der Waals surface area contributed by atoms with E-state index in [4.69, 9.17) is 4.74 Å². The maximum absolute atomic E-state index is 13.2. The number of ketones is 1. The molecule has 0 spiro atoms. The van der Waals surface area contributed by atoms with Crippen molar-refractivity contribution in [2.75, 3.05) is 0 Å². The molecule has 2 rings (SSSR count). The Balaban J connectivity index is 2.33. The maximum Gasteiger partial charge on any atom is 0.309 e. The smallest absolute Gasteiger partial charge is 0.309 e. The number of aryl methyl sites for hydroxylation is 1. The standard InChI is InChI=1S/C26H38INO5S/c1-15-8-7-9-16(2)24(31)18(4)25(32)26(6,27)22(29)13-23(30)33-21(11-10-15)17(3)12-20-14-34-19(5)28-20/h10,12,14,16,18,21-22,24,29,31H,7-9,11,13H2,1-6H3/b15-10-,17-12+/t16-,18+,21-,22-,24-,26?/m0/s1. The zero-order valence-corrected chi connectivity index (χ0v) is 24.0. The molecule has 1 aromatic heterocycles. The Morgan fingerprint density at radius 3 is 2.59 bits per heavy atom. The summed E-state index contributed by atoms with van der Waals surface area (Å²) in [6.45, 7) is 11.2. The van der Waals surface area contributed by atoms with Crippen LogP contribution < -0.4 is 0 Å². The first-order chi connectivity index (χ1) is 15.8. The van der Waals surface area contributed by atoms with Gasteiger partial charge < -0.3 is 14.9 Å². The number of alkyl halides is 1. The van der Waals surface area contributed by atoms with E-state index in [9.17, 15) is 19.8 Å². The van der Waals surface area contributed by atoms with Crippen LogP contribution in [-0.2, 0) is 14.3 Å². The number of Topliss-reactive ketones (excluding diaryl/α,β-unsaturated/α-hetero) is 1. The fraction of sp³-hybridized carbons (Fsp3) is 0.654. The fourth-order valence-electron chi connectivity index (χ4n) is 4.20. The van der Waals surface area contributed by atoms with Gasteiger partial charge >= 0.3 is 5.97 Å². The number of ether oxygens (including phenoxy) is 1. The Morgan fingerprint density at radius 1 is 1.29 bits per heavy atom. The largest absolute Gasteiger partial charge is 0.457 e. The molecule has 0 saturated heterocycles. The van der Waals surface area contributed by atoms with Crippen LogP contribution in [0.15, 0.2) is 22.6 Å².